The zero-order valence-corrected chi connectivity index (χ0v) is 12.3. The second-order valence-electron chi connectivity index (χ2n) is 4.83. The van der Waals surface area contributed by atoms with Crippen molar-refractivity contribution in [2.45, 2.75) is 12.6 Å². The highest BCUT2D eigenvalue weighted by atomic mass is 79.9. The van der Waals surface area contributed by atoms with Gasteiger partial charge < -0.3 is 5.32 Å². The SMILES string of the molecule is Brc1ccc(CN2CCN(C3CNC3)CC2)s1. The first-order valence-corrected chi connectivity index (χ1v) is 7.83. The summed E-state index contributed by atoms with van der Waals surface area (Å²) in [6.07, 6.45) is 0. The van der Waals surface area contributed by atoms with Crippen LogP contribution in [0.15, 0.2) is 15.9 Å². The monoisotopic (exact) mass is 315 g/mol. The van der Waals surface area contributed by atoms with Gasteiger partial charge in [-0.1, -0.05) is 0 Å². The van der Waals surface area contributed by atoms with Crippen LogP contribution in [0, 0.1) is 0 Å². The van der Waals surface area contributed by atoms with Crippen LogP contribution in [0.2, 0.25) is 0 Å². The zero-order valence-electron chi connectivity index (χ0n) is 9.86. The van der Waals surface area contributed by atoms with Crippen molar-refractivity contribution in [3.63, 3.8) is 0 Å². The molecule has 0 spiro atoms. The Labute approximate surface area is 115 Å². The van der Waals surface area contributed by atoms with Crippen LogP contribution in [0.1, 0.15) is 4.88 Å². The van der Waals surface area contributed by atoms with Crippen molar-refractivity contribution < 1.29 is 0 Å². The van der Waals surface area contributed by atoms with E-state index in [0.29, 0.717) is 0 Å². The molecular formula is C12H18BrN3S. The molecule has 2 saturated heterocycles. The van der Waals surface area contributed by atoms with Gasteiger partial charge in [0.1, 0.15) is 0 Å². The molecule has 2 fully saturated rings. The van der Waals surface area contributed by atoms with Gasteiger partial charge >= 0.3 is 0 Å². The lowest BCUT2D eigenvalue weighted by molar-refractivity contribution is 0.0700. The molecule has 3 rings (SSSR count). The number of thiophene rings is 1. The number of hydrogen-bond donors (Lipinski definition) is 1. The maximum absolute atomic E-state index is 3.53. The van der Waals surface area contributed by atoms with Gasteiger partial charge in [-0.2, -0.15) is 0 Å². The normalized spacial score (nSPS) is 23.8. The third-order valence-electron chi connectivity index (χ3n) is 3.69. The first kappa shape index (κ1) is 12.1. The van der Waals surface area contributed by atoms with Crippen LogP contribution in [0.3, 0.4) is 0 Å². The zero-order chi connectivity index (χ0) is 11.7. The Hall–Kier alpha value is 0.0600. The first-order chi connectivity index (χ1) is 8.31. The minimum absolute atomic E-state index is 0.813. The van der Waals surface area contributed by atoms with E-state index < -0.39 is 0 Å². The maximum atomic E-state index is 3.53. The second-order valence-corrected chi connectivity index (χ2v) is 7.38. The van der Waals surface area contributed by atoms with Crippen molar-refractivity contribution in [3.8, 4) is 0 Å². The van der Waals surface area contributed by atoms with Crippen LogP contribution in [-0.2, 0) is 6.54 Å². The van der Waals surface area contributed by atoms with Gasteiger partial charge in [0.15, 0.2) is 0 Å². The Morgan fingerprint density at radius 3 is 2.53 bits per heavy atom. The van der Waals surface area contributed by atoms with Crippen LogP contribution in [-0.4, -0.2) is 55.1 Å². The van der Waals surface area contributed by atoms with Crippen molar-refractivity contribution >= 4 is 27.3 Å². The van der Waals surface area contributed by atoms with Gasteiger partial charge in [0.05, 0.1) is 3.79 Å². The number of rotatable bonds is 3. The van der Waals surface area contributed by atoms with E-state index in [1.807, 2.05) is 11.3 Å². The van der Waals surface area contributed by atoms with E-state index in [2.05, 4.69) is 43.2 Å². The summed E-state index contributed by atoms with van der Waals surface area (Å²) in [7, 11) is 0. The summed E-state index contributed by atoms with van der Waals surface area (Å²) in [4.78, 5) is 6.67. The average Bonchev–Trinajstić information content (AvgIpc) is 2.64. The van der Waals surface area contributed by atoms with Crippen molar-refractivity contribution in [3.05, 3.63) is 20.8 Å². The molecule has 17 heavy (non-hydrogen) atoms. The second kappa shape index (κ2) is 5.36. The van der Waals surface area contributed by atoms with Gasteiger partial charge in [0.25, 0.3) is 0 Å². The Bertz CT molecular complexity index is 370. The summed E-state index contributed by atoms with van der Waals surface area (Å²) in [6.45, 7) is 8.40. The molecule has 3 heterocycles. The summed E-state index contributed by atoms with van der Waals surface area (Å²) in [5.74, 6) is 0. The largest absolute Gasteiger partial charge is 0.314 e. The van der Waals surface area contributed by atoms with Gasteiger partial charge in [-0.05, 0) is 28.1 Å². The fourth-order valence-corrected chi connectivity index (χ4v) is 4.00. The van der Waals surface area contributed by atoms with Gasteiger partial charge in [0.2, 0.25) is 0 Å². The number of hydrogen-bond acceptors (Lipinski definition) is 4. The lowest BCUT2D eigenvalue weighted by Crippen LogP contribution is -2.61. The van der Waals surface area contributed by atoms with Gasteiger partial charge in [0, 0.05) is 56.7 Å². The van der Waals surface area contributed by atoms with Crippen molar-refractivity contribution in [2.24, 2.45) is 0 Å². The Kier molecular flexibility index (Phi) is 3.82. The maximum Gasteiger partial charge on any atom is 0.0701 e. The molecule has 2 aliphatic heterocycles. The number of nitrogens with one attached hydrogen (secondary N) is 1. The van der Waals surface area contributed by atoms with Crippen LogP contribution >= 0.6 is 27.3 Å². The molecule has 1 N–H and O–H groups in total. The lowest BCUT2D eigenvalue weighted by Gasteiger charge is -2.43. The quantitative estimate of drug-likeness (QED) is 0.914. The van der Waals surface area contributed by atoms with E-state index in [0.717, 1.165) is 12.6 Å². The Balaban J connectivity index is 1.47. The van der Waals surface area contributed by atoms with E-state index in [-0.39, 0.29) is 0 Å². The molecule has 0 bridgehead atoms. The van der Waals surface area contributed by atoms with E-state index in [9.17, 15) is 0 Å². The topological polar surface area (TPSA) is 18.5 Å². The molecular weight excluding hydrogens is 298 g/mol. The highest BCUT2D eigenvalue weighted by Crippen LogP contribution is 2.23. The summed E-state index contributed by atoms with van der Waals surface area (Å²) in [5.41, 5.74) is 0. The molecule has 0 saturated carbocycles. The van der Waals surface area contributed by atoms with Gasteiger partial charge in [-0.25, -0.2) is 0 Å². The van der Waals surface area contributed by atoms with Crippen LogP contribution in [0.4, 0.5) is 0 Å². The van der Waals surface area contributed by atoms with E-state index >= 15 is 0 Å². The number of piperazine rings is 1. The molecule has 0 radical (unpaired) electrons. The minimum atomic E-state index is 0.813. The molecule has 5 heteroatoms. The average molecular weight is 316 g/mol. The van der Waals surface area contributed by atoms with Gasteiger partial charge in [-0.3, -0.25) is 9.80 Å². The Morgan fingerprint density at radius 2 is 2.00 bits per heavy atom. The molecule has 0 amide bonds. The molecule has 0 unspecified atom stereocenters. The molecule has 94 valence electrons. The van der Waals surface area contributed by atoms with Crippen LogP contribution in [0.25, 0.3) is 0 Å². The molecule has 2 aliphatic rings. The van der Waals surface area contributed by atoms with Crippen LogP contribution in [0.5, 0.6) is 0 Å². The standard InChI is InChI=1S/C12H18BrN3S/c13-12-2-1-11(17-12)9-15-3-5-16(6-4-15)10-7-14-8-10/h1-2,10,14H,3-9H2. The van der Waals surface area contributed by atoms with E-state index in [1.165, 1.54) is 47.9 Å². The lowest BCUT2D eigenvalue weighted by atomic mass is 10.1. The minimum Gasteiger partial charge on any atom is -0.314 e. The molecule has 1 aromatic rings. The smallest absolute Gasteiger partial charge is 0.0701 e. The molecule has 0 aromatic carbocycles. The van der Waals surface area contributed by atoms with Crippen molar-refractivity contribution in [1.29, 1.82) is 0 Å². The summed E-state index contributed by atoms with van der Waals surface area (Å²) in [6, 6.07) is 5.20. The Morgan fingerprint density at radius 1 is 1.24 bits per heavy atom. The number of halogens is 1. The predicted octanol–water partition coefficient (Wildman–Crippen LogP) is 1.60. The summed E-state index contributed by atoms with van der Waals surface area (Å²) >= 11 is 5.38. The highest BCUT2D eigenvalue weighted by Gasteiger charge is 2.27. The molecule has 1 aromatic heterocycles. The van der Waals surface area contributed by atoms with Gasteiger partial charge in [-0.15, -0.1) is 11.3 Å². The molecule has 0 atom stereocenters. The van der Waals surface area contributed by atoms with Crippen molar-refractivity contribution in [2.75, 3.05) is 39.3 Å². The highest BCUT2D eigenvalue weighted by molar-refractivity contribution is 9.11. The van der Waals surface area contributed by atoms with Crippen LogP contribution < -0.4 is 5.32 Å². The van der Waals surface area contributed by atoms with E-state index in [4.69, 9.17) is 0 Å². The first-order valence-electron chi connectivity index (χ1n) is 6.22. The summed E-state index contributed by atoms with van der Waals surface area (Å²) < 4.78 is 1.24. The van der Waals surface area contributed by atoms with Crippen molar-refractivity contribution in [1.82, 2.24) is 15.1 Å². The molecule has 3 nitrogen and oxygen atoms in total. The number of nitrogens with zero attached hydrogens (tertiary/aromatic N) is 2. The third kappa shape index (κ3) is 2.90. The fourth-order valence-electron chi connectivity index (χ4n) is 2.48. The third-order valence-corrected chi connectivity index (χ3v) is 5.30. The molecule has 0 aliphatic carbocycles. The fraction of sp³-hybridized carbons (Fsp3) is 0.667. The van der Waals surface area contributed by atoms with E-state index in [1.54, 1.807) is 0 Å². The summed E-state index contributed by atoms with van der Waals surface area (Å²) in [5, 5.41) is 3.35. The predicted molar refractivity (Wildman–Crippen MR) is 75.5 cm³/mol.